The first-order chi connectivity index (χ1) is 13.1. The Labute approximate surface area is 166 Å². The summed E-state index contributed by atoms with van der Waals surface area (Å²) in [6.07, 6.45) is 4.66. The van der Waals surface area contributed by atoms with Gasteiger partial charge in [-0.1, -0.05) is 29.3 Å². The molecule has 140 valence electrons. The van der Waals surface area contributed by atoms with Crippen LogP contribution in [-0.2, 0) is 11.3 Å². The Hall–Kier alpha value is -2.38. The second kappa shape index (κ2) is 7.70. The molecule has 0 spiro atoms. The number of aromatic amines is 1. The first-order valence-corrected chi connectivity index (χ1v) is 9.48. The van der Waals surface area contributed by atoms with Crippen molar-refractivity contribution in [3.05, 3.63) is 46.5 Å². The summed E-state index contributed by atoms with van der Waals surface area (Å²) in [5, 5.41) is 4.12. The molecule has 3 heterocycles. The molecule has 1 aliphatic heterocycles. The minimum atomic E-state index is -0.0218. The molecule has 9 heteroatoms. The molecular weight excluding hydrogens is 387 g/mol. The van der Waals surface area contributed by atoms with E-state index in [-0.39, 0.29) is 11.8 Å². The SMILES string of the molecule is O=C(NCc1ccc(Cl)cc1Cl)C1CCN(c2ncnc3nc[nH]c23)CC1. The maximum atomic E-state index is 12.5. The van der Waals surface area contributed by atoms with Crippen molar-refractivity contribution in [3.8, 4) is 0 Å². The van der Waals surface area contributed by atoms with Crippen molar-refractivity contribution in [2.45, 2.75) is 19.4 Å². The average molecular weight is 405 g/mol. The van der Waals surface area contributed by atoms with Crippen LogP contribution in [0.15, 0.2) is 30.9 Å². The zero-order chi connectivity index (χ0) is 18.8. The van der Waals surface area contributed by atoms with E-state index in [2.05, 4.69) is 30.2 Å². The number of carbonyl (C=O) groups is 1. The minimum absolute atomic E-state index is 0.0218. The normalized spacial score (nSPS) is 15.3. The number of nitrogens with zero attached hydrogens (tertiary/aromatic N) is 4. The van der Waals surface area contributed by atoms with Crippen LogP contribution in [0.3, 0.4) is 0 Å². The number of anilines is 1. The molecule has 0 radical (unpaired) electrons. The van der Waals surface area contributed by atoms with E-state index in [1.807, 2.05) is 6.07 Å². The van der Waals surface area contributed by atoms with Gasteiger partial charge in [-0.05, 0) is 30.5 Å². The van der Waals surface area contributed by atoms with Gasteiger partial charge >= 0.3 is 0 Å². The molecule has 1 fully saturated rings. The lowest BCUT2D eigenvalue weighted by atomic mass is 9.95. The zero-order valence-corrected chi connectivity index (χ0v) is 16.0. The van der Waals surface area contributed by atoms with Gasteiger partial charge in [-0.3, -0.25) is 4.79 Å². The first kappa shape index (κ1) is 18.0. The summed E-state index contributed by atoms with van der Waals surface area (Å²) < 4.78 is 0. The third kappa shape index (κ3) is 3.84. The molecule has 7 nitrogen and oxygen atoms in total. The standard InChI is InChI=1S/C18H18Cl2N6O/c19-13-2-1-12(14(20)7-13)8-21-18(27)11-3-5-26(6-4-11)17-15-16(23-9-22-15)24-10-25-17/h1-2,7,9-11H,3-6,8H2,(H,21,27)(H,22,23,24,25). The van der Waals surface area contributed by atoms with Gasteiger partial charge in [0.05, 0.1) is 6.33 Å². The third-order valence-corrected chi connectivity index (χ3v) is 5.42. The van der Waals surface area contributed by atoms with Gasteiger partial charge in [-0.25, -0.2) is 15.0 Å². The molecule has 2 aromatic heterocycles. The molecule has 3 aromatic rings. The van der Waals surface area contributed by atoms with Gasteiger partial charge in [0.25, 0.3) is 0 Å². The molecule has 4 rings (SSSR count). The number of hydrogen-bond donors (Lipinski definition) is 2. The summed E-state index contributed by atoms with van der Waals surface area (Å²) in [7, 11) is 0. The minimum Gasteiger partial charge on any atom is -0.355 e. The van der Waals surface area contributed by atoms with E-state index >= 15 is 0 Å². The van der Waals surface area contributed by atoms with Gasteiger partial charge in [-0.15, -0.1) is 0 Å². The fourth-order valence-corrected chi connectivity index (χ4v) is 3.81. The molecule has 1 aromatic carbocycles. The topological polar surface area (TPSA) is 86.8 Å². The number of nitrogens with one attached hydrogen (secondary N) is 2. The van der Waals surface area contributed by atoms with E-state index in [9.17, 15) is 4.79 Å². The molecule has 2 N–H and O–H groups in total. The van der Waals surface area contributed by atoms with Crippen molar-refractivity contribution >= 4 is 46.1 Å². The molecule has 0 unspecified atom stereocenters. The number of benzene rings is 1. The molecule has 0 aliphatic carbocycles. The molecular formula is C18H18Cl2N6O. The van der Waals surface area contributed by atoms with Crippen molar-refractivity contribution in [1.29, 1.82) is 0 Å². The number of fused-ring (bicyclic) bond motifs is 1. The predicted octanol–water partition coefficient (Wildman–Crippen LogP) is 3.19. The number of halogens is 2. The number of hydrogen-bond acceptors (Lipinski definition) is 5. The van der Waals surface area contributed by atoms with E-state index in [0.29, 0.717) is 22.2 Å². The number of amides is 1. The number of carbonyl (C=O) groups excluding carboxylic acids is 1. The molecule has 0 saturated carbocycles. The lowest BCUT2D eigenvalue weighted by Crippen LogP contribution is -2.40. The van der Waals surface area contributed by atoms with E-state index < -0.39 is 0 Å². The molecule has 1 amide bonds. The number of H-pyrrole nitrogens is 1. The van der Waals surface area contributed by atoms with Gasteiger partial charge in [0.1, 0.15) is 11.8 Å². The molecule has 1 aliphatic rings. The number of imidazole rings is 1. The second-order valence-electron chi connectivity index (χ2n) is 6.51. The number of rotatable bonds is 4. The Morgan fingerprint density at radius 2 is 2.04 bits per heavy atom. The van der Waals surface area contributed by atoms with Crippen LogP contribution < -0.4 is 10.2 Å². The van der Waals surface area contributed by atoms with Crippen molar-refractivity contribution in [3.63, 3.8) is 0 Å². The van der Waals surface area contributed by atoms with Crippen LogP contribution in [-0.4, -0.2) is 38.9 Å². The van der Waals surface area contributed by atoms with Crippen LogP contribution in [0.5, 0.6) is 0 Å². The fourth-order valence-electron chi connectivity index (χ4n) is 3.34. The summed E-state index contributed by atoms with van der Waals surface area (Å²) in [4.78, 5) is 30.5. The Balaban J connectivity index is 1.35. The van der Waals surface area contributed by atoms with Gasteiger partial charge in [0.15, 0.2) is 11.5 Å². The summed E-state index contributed by atoms with van der Waals surface area (Å²) in [6.45, 7) is 1.91. The van der Waals surface area contributed by atoms with Crippen LogP contribution in [0.2, 0.25) is 10.0 Å². The predicted molar refractivity (Wildman–Crippen MR) is 105 cm³/mol. The summed E-state index contributed by atoms with van der Waals surface area (Å²) in [5.41, 5.74) is 2.34. The van der Waals surface area contributed by atoms with E-state index in [4.69, 9.17) is 23.2 Å². The molecule has 1 saturated heterocycles. The molecule has 0 bridgehead atoms. The molecule has 27 heavy (non-hydrogen) atoms. The van der Waals surface area contributed by atoms with Crippen molar-refractivity contribution < 1.29 is 4.79 Å². The monoisotopic (exact) mass is 404 g/mol. The average Bonchev–Trinajstić information content (AvgIpc) is 3.16. The van der Waals surface area contributed by atoms with Gasteiger partial charge in [0, 0.05) is 35.6 Å². The third-order valence-electron chi connectivity index (χ3n) is 4.84. The number of piperidine rings is 1. The largest absolute Gasteiger partial charge is 0.355 e. The van der Waals surface area contributed by atoms with Crippen molar-refractivity contribution in [2.75, 3.05) is 18.0 Å². The highest BCUT2D eigenvalue weighted by atomic mass is 35.5. The van der Waals surface area contributed by atoms with E-state index in [1.165, 1.54) is 6.33 Å². The van der Waals surface area contributed by atoms with Crippen LogP contribution in [0.4, 0.5) is 5.82 Å². The van der Waals surface area contributed by atoms with Crippen molar-refractivity contribution in [2.24, 2.45) is 5.92 Å². The second-order valence-corrected chi connectivity index (χ2v) is 7.36. The smallest absolute Gasteiger partial charge is 0.223 e. The quantitative estimate of drug-likeness (QED) is 0.696. The zero-order valence-electron chi connectivity index (χ0n) is 14.5. The lowest BCUT2D eigenvalue weighted by Gasteiger charge is -2.32. The summed E-state index contributed by atoms with van der Waals surface area (Å²) >= 11 is 12.1. The summed E-state index contributed by atoms with van der Waals surface area (Å²) in [6, 6.07) is 5.28. The lowest BCUT2D eigenvalue weighted by molar-refractivity contribution is -0.125. The first-order valence-electron chi connectivity index (χ1n) is 8.72. The van der Waals surface area contributed by atoms with Crippen LogP contribution in [0, 0.1) is 5.92 Å². The van der Waals surface area contributed by atoms with Crippen molar-refractivity contribution in [1.82, 2.24) is 25.3 Å². The van der Waals surface area contributed by atoms with E-state index in [0.717, 1.165) is 42.8 Å². The van der Waals surface area contributed by atoms with Crippen LogP contribution in [0.1, 0.15) is 18.4 Å². The number of aromatic nitrogens is 4. The van der Waals surface area contributed by atoms with Gasteiger partial charge < -0.3 is 15.2 Å². The fraction of sp³-hybridized carbons (Fsp3) is 0.333. The Kier molecular flexibility index (Phi) is 5.13. The Morgan fingerprint density at radius 3 is 2.81 bits per heavy atom. The van der Waals surface area contributed by atoms with Gasteiger partial charge in [0.2, 0.25) is 5.91 Å². The van der Waals surface area contributed by atoms with Crippen LogP contribution in [0.25, 0.3) is 11.2 Å². The molecule has 0 atom stereocenters. The maximum absolute atomic E-state index is 12.5. The summed E-state index contributed by atoms with van der Waals surface area (Å²) in [5.74, 6) is 0.866. The van der Waals surface area contributed by atoms with Gasteiger partial charge in [-0.2, -0.15) is 0 Å². The maximum Gasteiger partial charge on any atom is 0.223 e. The highest BCUT2D eigenvalue weighted by molar-refractivity contribution is 6.35. The highest BCUT2D eigenvalue weighted by Crippen LogP contribution is 2.26. The van der Waals surface area contributed by atoms with E-state index in [1.54, 1.807) is 18.5 Å². The van der Waals surface area contributed by atoms with Crippen LogP contribution >= 0.6 is 23.2 Å². The Bertz CT molecular complexity index is 967. The Morgan fingerprint density at radius 1 is 1.22 bits per heavy atom. The highest BCUT2D eigenvalue weighted by Gasteiger charge is 2.26.